The Hall–Kier alpha value is -4.76. The zero-order valence-electron chi connectivity index (χ0n) is 22.6. The van der Waals surface area contributed by atoms with E-state index in [0.717, 1.165) is 16.7 Å². The number of hydrazone groups is 1. The van der Waals surface area contributed by atoms with Crippen LogP contribution in [0, 0.1) is 6.92 Å². The number of hydrogen-bond acceptors (Lipinski definition) is 8. The normalized spacial score (nSPS) is 14.5. The number of carbonyl (C=O) groups excluding carboxylic acids is 1. The zero-order valence-corrected chi connectivity index (χ0v) is 24.2. The average molecular weight is 626 g/mol. The molecule has 0 aliphatic carbocycles. The summed E-state index contributed by atoms with van der Waals surface area (Å²) in [6.45, 7) is 1.92. The molecule has 1 aliphatic heterocycles. The molecule has 1 amide bonds. The minimum absolute atomic E-state index is 0.0782. The summed E-state index contributed by atoms with van der Waals surface area (Å²) in [6.07, 6.45) is -1.74. The number of ether oxygens (including phenoxy) is 2. The number of thioether (sulfide) groups is 1. The predicted octanol–water partition coefficient (Wildman–Crippen LogP) is 5.49. The summed E-state index contributed by atoms with van der Waals surface area (Å²) in [4.78, 5) is 22.8. The van der Waals surface area contributed by atoms with Gasteiger partial charge in [-0.3, -0.25) is 15.1 Å². The Balaban J connectivity index is 1.21. The summed E-state index contributed by atoms with van der Waals surface area (Å²) >= 11 is 6.59. The van der Waals surface area contributed by atoms with Crippen molar-refractivity contribution in [2.24, 2.45) is 10.1 Å². The number of aromatic nitrogens is 3. The second kappa shape index (κ2) is 12.6. The number of aryl methyl sites for hydroxylation is 1. The van der Waals surface area contributed by atoms with Gasteiger partial charge in [0.1, 0.15) is 17.8 Å². The summed E-state index contributed by atoms with van der Waals surface area (Å²) in [5.74, 6) is 0.739. The minimum atomic E-state index is -4.76. The highest BCUT2D eigenvalue weighted by molar-refractivity contribution is 8.15. The van der Waals surface area contributed by atoms with Gasteiger partial charge in [-0.05, 0) is 66.7 Å². The number of carbonyl (C=O) groups is 1. The summed E-state index contributed by atoms with van der Waals surface area (Å²) in [5.41, 5.74) is 6.25. The van der Waals surface area contributed by atoms with Gasteiger partial charge in [0.25, 0.3) is 0 Å². The van der Waals surface area contributed by atoms with E-state index in [0.29, 0.717) is 28.1 Å². The van der Waals surface area contributed by atoms with Gasteiger partial charge >= 0.3 is 6.36 Å². The van der Waals surface area contributed by atoms with E-state index >= 15 is 0 Å². The zero-order chi connectivity index (χ0) is 30.6. The van der Waals surface area contributed by atoms with Gasteiger partial charge in [-0.15, -0.1) is 18.3 Å². The van der Waals surface area contributed by atoms with Crippen molar-refractivity contribution in [3.05, 3.63) is 84.2 Å². The van der Waals surface area contributed by atoms with Crippen molar-refractivity contribution in [2.45, 2.75) is 13.3 Å². The molecule has 1 fully saturated rings. The highest BCUT2D eigenvalue weighted by Crippen LogP contribution is 2.35. The fourth-order valence-corrected chi connectivity index (χ4v) is 5.03. The second-order valence-electron chi connectivity index (χ2n) is 8.94. The van der Waals surface area contributed by atoms with Crippen LogP contribution in [0.15, 0.2) is 83.2 Å². The van der Waals surface area contributed by atoms with Gasteiger partial charge in [0.2, 0.25) is 11.0 Å². The van der Waals surface area contributed by atoms with Gasteiger partial charge in [-0.25, -0.2) is 9.67 Å². The van der Waals surface area contributed by atoms with Crippen LogP contribution in [-0.4, -0.2) is 56.4 Å². The molecule has 1 aromatic heterocycles. The Bertz CT molecular complexity index is 1710. The third-order valence-electron chi connectivity index (χ3n) is 5.91. The molecule has 0 saturated carbocycles. The first-order valence-electron chi connectivity index (χ1n) is 12.5. The molecule has 0 spiro atoms. The molecule has 4 aromatic rings. The lowest BCUT2D eigenvalue weighted by atomic mass is 10.1. The van der Waals surface area contributed by atoms with E-state index in [9.17, 15) is 18.0 Å². The standard InChI is InChI=1S/C28H22F3N7O3S2/c1-17-3-12-23(40-2)22(13-17)38-24(39)15-43-27(38)34-26(42)35-33-14-18-4-6-19(7-5-18)25-32-16-37(36-25)20-8-10-21(11-9-20)41-28(29,30)31/h3-14,16H,15H2,1-2H3,(H,35,42)/b33-14+,34-27?. The van der Waals surface area contributed by atoms with Crippen molar-refractivity contribution in [1.29, 1.82) is 0 Å². The topological polar surface area (TPSA) is 106 Å². The van der Waals surface area contributed by atoms with Crippen LogP contribution in [0.1, 0.15) is 11.1 Å². The number of benzene rings is 3. The van der Waals surface area contributed by atoms with E-state index < -0.39 is 6.36 Å². The van der Waals surface area contributed by atoms with Gasteiger partial charge in [0, 0.05) is 5.56 Å². The Morgan fingerprint density at radius 3 is 2.56 bits per heavy atom. The lowest BCUT2D eigenvalue weighted by Crippen LogP contribution is -2.31. The van der Waals surface area contributed by atoms with E-state index in [1.165, 1.54) is 59.0 Å². The second-order valence-corrected chi connectivity index (χ2v) is 10.3. The van der Waals surface area contributed by atoms with Crippen molar-refractivity contribution in [3.63, 3.8) is 0 Å². The van der Waals surface area contributed by atoms with E-state index in [1.807, 2.05) is 19.1 Å². The van der Waals surface area contributed by atoms with Gasteiger partial charge in [-0.2, -0.15) is 10.1 Å². The monoisotopic (exact) mass is 625 g/mol. The number of anilines is 1. The molecule has 10 nitrogen and oxygen atoms in total. The molecule has 2 heterocycles. The highest BCUT2D eigenvalue weighted by atomic mass is 32.2. The van der Waals surface area contributed by atoms with Gasteiger partial charge in [0.15, 0.2) is 11.0 Å². The van der Waals surface area contributed by atoms with E-state index in [-0.39, 0.29) is 22.5 Å². The number of rotatable bonds is 7. The molecule has 15 heteroatoms. The number of halogens is 3. The maximum absolute atomic E-state index is 12.6. The summed E-state index contributed by atoms with van der Waals surface area (Å²) in [6, 6.07) is 18.0. The first-order valence-corrected chi connectivity index (χ1v) is 13.9. The Morgan fingerprint density at radius 1 is 1.12 bits per heavy atom. The van der Waals surface area contributed by atoms with Crippen molar-refractivity contribution in [3.8, 4) is 28.6 Å². The minimum Gasteiger partial charge on any atom is -0.495 e. The Morgan fingerprint density at radius 2 is 1.86 bits per heavy atom. The SMILES string of the molecule is COc1ccc(C)cc1N1C(=O)CSC1=NC(=S)N/N=C/c1ccc(-c2ncn(-c3ccc(OC(F)(F)F)cc3)n2)cc1. The summed E-state index contributed by atoms with van der Waals surface area (Å²) in [5, 5.41) is 9.04. The largest absolute Gasteiger partial charge is 0.573 e. The summed E-state index contributed by atoms with van der Waals surface area (Å²) < 4.78 is 47.9. The fourth-order valence-electron chi connectivity index (χ4n) is 3.97. The Kier molecular flexibility index (Phi) is 8.73. The van der Waals surface area contributed by atoms with Crippen molar-refractivity contribution < 1.29 is 27.4 Å². The number of thiocarbonyl (C=S) groups is 1. The number of amidine groups is 1. The molecule has 5 rings (SSSR count). The molecule has 1 N–H and O–H groups in total. The van der Waals surface area contributed by atoms with Crippen molar-refractivity contribution in [2.75, 3.05) is 17.8 Å². The number of alkyl halides is 3. The quantitative estimate of drug-likeness (QED) is 0.163. The molecule has 0 bridgehead atoms. The van der Waals surface area contributed by atoms with Crippen LogP contribution < -0.4 is 19.8 Å². The summed E-state index contributed by atoms with van der Waals surface area (Å²) in [7, 11) is 1.54. The van der Waals surface area contributed by atoms with Crippen LogP contribution in [-0.2, 0) is 4.79 Å². The van der Waals surface area contributed by atoms with Crippen LogP contribution in [0.2, 0.25) is 0 Å². The van der Waals surface area contributed by atoms with Crippen LogP contribution >= 0.6 is 24.0 Å². The highest BCUT2D eigenvalue weighted by Gasteiger charge is 2.32. The molecule has 0 radical (unpaired) electrons. The molecular formula is C28H22F3N7O3S2. The Labute approximate surface area is 253 Å². The fraction of sp³-hybridized carbons (Fsp3) is 0.143. The van der Waals surface area contributed by atoms with E-state index in [4.69, 9.17) is 17.0 Å². The van der Waals surface area contributed by atoms with Gasteiger partial charge < -0.3 is 9.47 Å². The molecule has 220 valence electrons. The number of hydrogen-bond donors (Lipinski definition) is 1. The van der Waals surface area contributed by atoms with Crippen molar-refractivity contribution >= 4 is 52.1 Å². The number of nitrogens with zero attached hydrogens (tertiary/aromatic N) is 6. The van der Waals surface area contributed by atoms with Crippen LogP contribution in [0.25, 0.3) is 17.1 Å². The smallest absolute Gasteiger partial charge is 0.495 e. The lowest BCUT2D eigenvalue weighted by molar-refractivity contribution is -0.274. The maximum Gasteiger partial charge on any atom is 0.573 e. The number of methoxy groups -OCH3 is 1. The first-order chi connectivity index (χ1) is 20.6. The number of amides is 1. The number of aliphatic imine (C=N–C) groups is 1. The van der Waals surface area contributed by atoms with E-state index in [2.05, 4.69) is 30.3 Å². The molecule has 0 unspecified atom stereocenters. The average Bonchev–Trinajstić information content (AvgIpc) is 3.60. The molecule has 0 atom stereocenters. The van der Waals surface area contributed by atoms with Gasteiger partial charge in [0.05, 0.1) is 30.5 Å². The van der Waals surface area contributed by atoms with E-state index in [1.54, 1.807) is 36.5 Å². The number of nitrogens with one attached hydrogen (secondary N) is 1. The molecule has 1 aliphatic rings. The molecule has 3 aromatic carbocycles. The molecular weight excluding hydrogens is 603 g/mol. The molecule has 43 heavy (non-hydrogen) atoms. The third kappa shape index (κ3) is 7.37. The predicted molar refractivity (Wildman–Crippen MR) is 162 cm³/mol. The molecule has 1 saturated heterocycles. The first kappa shape index (κ1) is 29.7. The van der Waals surface area contributed by atoms with Crippen LogP contribution in [0.4, 0.5) is 18.9 Å². The lowest BCUT2D eigenvalue weighted by Gasteiger charge is -2.19. The van der Waals surface area contributed by atoms with Crippen molar-refractivity contribution in [1.82, 2.24) is 20.2 Å². The maximum atomic E-state index is 12.6. The van der Waals surface area contributed by atoms with Crippen LogP contribution in [0.5, 0.6) is 11.5 Å². The van der Waals surface area contributed by atoms with Gasteiger partial charge in [-0.1, -0.05) is 42.1 Å². The third-order valence-corrected chi connectivity index (χ3v) is 7.01. The van der Waals surface area contributed by atoms with Crippen LogP contribution in [0.3, 0.4) is 0 Å².